The zero-order valence-corrected chi connectivity index (χ0v) is 14.0. The molecule has 0 aliphatic carbocycles. The Bertz CT molecular complexity index is 829. The molecule has 2 aliphatic heterocycles. The Balaban J connectivity index is 1.76. The number of rotatable bonds is 4. The lowest BCUT2D eigenvalue weighted by molar-refractivity contribution is -0.137. The SMILES string of the molecule is O=C1OCC[C@@H]1Sc1nc2ccccc2c(=O)n1C[C@H]1CCCO1. The fourth-order valence-corrected chi connectivity index (χ4v) is 4.17. The Morgan fingerprint density at radius 2 is 2.08 bits per heavy atom. The molecule has 0 N–H and O–H groups in total. The van der Waals surface area contributed by atoms with Gasteiger partial charge in [0, 0.05) is 13.0 Å². The Hall–Kier alpha value is -1.86. The first-order chi connectivity index (χ1) is 11.7. The molecule has 0 unspecified atom stereocenters. The molecular formula is C17H18N2O4S. The van der Waals surface area contributed by atoms with Crippen LogP contribution in [0.3, 0.4) is 0 Å². The van der Waals surface area contributed by atoms with Gasteiger partial charge in [-0.05, 0) is 25.0 Å². The molecule has 2 atom stereocenters. The zero-order valence-electron chi connectivity index (χ0n) is 13.1. The van der Waals surface area contributed by atoms with Crippen LogP contribution in [0.1, 0.15) is 19.3 Å². The van der Waals surface area contributed by atoms with Crippen molar-refractivity contribution in [2.45, 2.75) is 42.3 Å². The molecule has 3 heterocycles. The highest BCUT2D eigenvalue weighted by atomic mass is 32.2. The number of hydrogen-bond donors (Lipinski definition) is 0. The van der Waals surface area contributed by atoms with Gasteiger partial charge < -0.3 is 9.47 Å². The van der Waals surface area contributed by atoms with E-state index in [1.165, 1.54) is 11.8 Å². The van der Waals surface area contributed by atoms with Crippen molar-refractivity contribution in [1.82, 2.24) is 9.55 Å². The van der Waals surface area contributed by atoms with E-state index in [2.05, 4.69) is 4.98 Å². The minimum absolute atomic E-state index is 0.0283. The number of aromatic nitrogens is 2. The molecule has 0 amide bonds. The van der Waals surface area contributed by atoms with E-state index in [4.69, 9.17) is 9.47 Å². The molecule has 0 radical (unpaired) electrons. The highest BCUT2D eigenvalue weighted by Gasteiger charge is 2.30. The molecule has 0 bridgehead atoms. The van der Waals surface area contributed by atoms with E-state index in [1.54, 1.807) is 10.6 Å². The molecule has 1 aromatic carbocycles. The van der Waals surface area contributed by atoms with E-state index in [-0.39, 0.29) is 22.9 Å². The Labute approximate surface area is 143 Å². The molecule has 2 aliphatic rings. The molecule has 24 heavy (non-hydrogen) atoms. The molecule has 7 heteroatoms. The molecule has 6 nitrogen and oxygen atoms in total. The number of ether oxygens (including phenoxy) is 2. The van der Waals surface area contributed by atoms with Gasteiger partial charge in [0.2, 0.25) is 0 Å². The van der Waals surface area contributed by atoms with Gasteiger partial charge in [0.05, 0.1) is 30.2 Å². The summed E-state index contributed by atoms with van der Waals surface area (Å²) in [4.78, 5) is 29.4. The molecule has 2 aromatic rings. The minimum Gasteiger partial charge on any atom is -0.465 e. The standard InChI is InChI=1S/C17H18N2O4S/c20-15-12-5-1-2-6-13(12)18-17(24-14-7-9-23-16(14)21)19(15)10-11-4-3-8-22-11/h1-2,5-6,11,14H,3-4,7-10H2/t11-,14+/m1/s1. The van der Waals surface area contributed by atoms with E-state index >= 15 is 0 Å². The smallest absolute Gasteiger partial charge is 0.319 e. The van der Waals surface area contributed by atoms with Crippen molar-refractivity contribution in [1.29, 1.82) is 0 Å². The average Bonchev–Trinajstić information content (AvgIpc) is 3.23. The summed E-state index contributed by atoms with van der Waals surface area (Å²) in [5, 5.41) is 0.862. The molecular weight excluding hydrogens is 328 g/mol. The monoisotopic (exact) mass is 346 g/mol. The molecule has 2 saturated heterocycles. The highest BCUT2D eigenvalue weighted by molar-refractivity contribution is 8.00. The fraction of sp³-hybridized carbons (Fsp3) is 0.471. The van der Waals surface area contributed by atoms with Crippen molar-refractivity contribution in [2.75, 3.05) is 13.2 Å². The van der Waals surface area contributed by atoms with Gasteiger partial charge in [0.15, 0.2) is 5.16 Å². The lowest BCUT2D eigenvalue weighted by Crippen LogP contribution is -2.29. The van der Waals surface area contributed by atoms with Crippen LogP contribution < -0.4 is 5.56 Å². The van der Waals surface area contributed by atoms with E-state index in [1.807, 2.05) is 18.2 Å². The summed E-state index contributed by atoms with van der Waals surface area (Å²) >= 11 is 1.32. The summed E-state index contributed by atoms with van der Waals surface area (Å²) in [5.74, 6) is -0.230. The summed E-state index contributed by atoms with van der Waals surface area (Å²) in [6, 6.07) is 7.31. The summed E-state index contributed by atoms with van der Waals surface area (Å²) in [7, 11) is 0. The second-order valence-electron chi connectivity index (χ2n) is 6.02. The molecule has 0 saturated carbocycles. The first-order valence-electron chi connectivity index (χ1n) is 8.17. The third-order valence-corrected chi connectivity index (χ3v) is 5.61. The van der Waals surface area contributed by atoms with Crippen molar-refractivity contribution in [3.63, 3.8) is 0 Å². The lowest BCUT2D eigenvalue weighted by atomic mass is 10.2. The van der Waals surface area contributed by atoms with Crippen LogP contribution in [0.15, 0.2) is 34.2 Å². The second kappa shape index (κ2) is 6.57. The van der Waals surface area contributed by atoms with Gasteiger partial charge in [-0.25, -0.2) is 4.98 Å². The predicted molar refractivity (Wildman–Crippen MR) is 90.2 cm³/mol. The van der Waals surface area contributed by atoms with Gasteiger partial charge in [-0.15, -0.1) is 0 Å². The van der Waals surface area contributed by atoms with Crippen LogP contribution in [0.2, 0.25) is 0 Å². The van der Waals surface area contributed by atoms with E-state index < -0.39 is 0 Å². The Kier molecular flexibility index (Phi) is 4.28. The van der Waals surface area contributed by atoms with E-state index in [0.29, 0.717) is 35.6 Å². The lowest BCUT2D eigenvalue weighted by Gasteiger charge is -2.17. The number of carbonyl (C=O) groups is 1. The van der Waals surface area contributed by atoms with Crippen molar-refractivity contribution in [3.8, 4) is 0 Å². The second-order valence-corrected chi connectivity index (χ2v) is 7.19. The summed E-state index contributed by atoms with van der Waals surface area (Å²) in [6.07, 6.45) is 2.62. The van der Waals surface area contributed by atoms with Gasteiger partial charge in [-0.2, -0.15) is 0 Å². The maximum atomic E-state index is 12.9. The van der Waals surface area contributed by atoms with Crippen LogP contribution >= 0.6 is 11.8 Å². The quantitative estimate of drug-likeness (QED) is 0.623. The number of carbonyl (C=O) groups excluding carboxylic acids is 1. The highest BCUT2D eigenvalue weighted by Crippen LogP contribution is 2.29. The van der Waals surface area contributed by atoms with Crippen LogP contribution in [0.4, 0.5) is 0 Å². The molecule has 2 fully saturated rings. The van der Waals surface area contributed by atoms with Crippen LogP contribution in [0.25, 0.3) is 10.9 Å². The van der Waals surface area contributed by atoms with Gasteiger partial charge in [-0.3, -0.25) is 14.2 Å². The number of esters is 1. The number of fused-ring (bicyclic) bond motifs is 1. The fourth-order valence-electron chi connectivity index (χ4n) is 3.10. The van der Waals surface area contributed by atoms with Gasteiger partial charge in [-0.1, -0.05) is 23.9 Å². The number of hydrogen-bond acceptors (Lipinski definition) is 6. The number of nitrogens with zero attached hydrogens (tertiary/aromatic N) is 2. The van der Waals surface area contributed by atoms with Gasteiger partial charge >= 0.3 is 5.97 Å². The van der Waals surface area contributed by atoms with Crippen molar-refractivity contribution < 1.29 is 14.3 Å². The molecule has 126 valence electrons. The molecule has 0 spiro atoms. The van der Waals surface area contributed by atoms with Gasteiger partial charge in [0.25, 0.3) is 5.56 Å². The minimum atomic E-state index is -0.297. The van der Waals surface area contributed by atoms with Crippen LogP contribution in [0, 0.1) is 0 Å². The molecule has 4 rings (SSSR count). The summed E-state index contributed by atoms with van der Waals surface area (Å²) < 4.78 is 12.4. The third kappa shape index (κ3) is 2.93. The normalized spacial score (nSPS) is 23.8. The van der Waals surface area contributed by atoms with Crippen LogP contribution in [0.5, 0.6) is 0 Å². The predicted octanol–water partition coefficient (Wildman–Crippen LogP) is 1.98. The van der Waals surface area contributed by atoms with Crippen molar-refractivity contribution in [2.24, 2.45) is 0 Å². The maximum Gasteiger partial charge on any atom is 0.319 e. The van der Waals surface area contributed by atoms with Crippen LogP contribution in [-0.4, -0.2) is 40.1 Å². The molecule has 1 aromatic heterocycles. The topological polar surface area (TPSA) is 70.4 Å². The summed E-state index contributed by atoms with van der Waals surface area (Å²) in [6.45, 7) is 1.64. The number of cyclic esters (lactones) is 1. The zero-order chi connectivity index (χ0) is 16.5. The largest absolute Gasteiger partial charge is 0.465 e. The van der Waals surface area contributed by atoms with E-state index in [9.17, 15) is 9.59 Å². The first-order valence-corrected chi connectivity index (χ1v) is 9.05. The average molecular weight is 346 g/mol. The Morgan fingerprint density at radius 3 is 2.83 bits per heavy atom. The van der Waals surface area contributed by atoms with E-state index in [0.717, 1.165) is 19.4 Å². The maximum absolute atomic E-state index is 12.9. The Morgan fingerprint density at radius 1 is 1.21 bits per heavy atom. The van der Waals surface area contributed by atoms with Crippen LogP contribution in [-0.2, 0) is 20.8 Å². The number of thioether (sulfide) groups is 1. The number of para-hydroxylation sites is 1. The first kappa shape index (κ1) is 15.7. The number of benzene rings is 1. The summed E-state index contributed by atoms with van der Waals surface area (Å²) in [5.41, 5.74) is 0.574. The van der Waals surface area contributed by atoms with Crippen molar-refractivity contribution in [3.05, 3.63) is 34.6 Å². The van der Waals surface area contributed by atoms with Crippen molar-refractivity contribution >= 4 is 28.6 Å². The van der Waals surface area contributed by atoms with Gasteiger partial charge in [0.1, 0.15) is 5.25 Å². The third-order valence-electron chi connectivity index (χ3n) is 4.37.